The average Bonchev–Trinajstić information content (AvgIpc) is 2.59. The monoisotopic (exact) mass is 241 g/mol. The van der Waals surface area contributed by atoms with Crippen LogP contribution in [-0.4, -0.2) is 61.5 Å². The Balaban J connectivity index is 2.34. The number of hydrogen-bond acceptors (Lipinski definition) is 3. The summed E-state index contributed by atoms with van der Waals surface area (Å²) >= 11 is 0. The summed E-state index contributed by atoms with van der Waals surface area (Å²) in [6.45, 7) is 9.01. The Morgan fingerprint density at radius 2 is 2.06 bits per heavy atom. The fraction of sp³-hybridized carbons (Fsp3) is 0.923. The first-order chi connectivity index (χ1) is 7.91. The molecule has 1 N–H and O–H groups in total. The van der Waals surface area contributed by atoms with Crippen molar-refractivity contribution < 1.29 is 4.79 Å². The number of carbonyl (C=O) groups excluding carboxylic acids is 1. The Bertz CT molecular complexity index is 253. The molecule has 0 aromatic carbocycles. The van der Waals surface area contributed by atoms with Gasteiger partial charge >= 0.3 is 0 Å². The lowest BCUT2D eigenvalue weighted by atomic mass is 10.1. The SMILES string of the molecule is CC(C)NCCC(=O)N1CC(C)C(N(C)C)C1. The lowest BCUT2D eigenvalue weighted by Gasteiger charge is -2.22. The molecule has 1 heterocycles. The van der Waals surface area contributed by atoms with E-state index in [-0.39, 0.29) is 5.91 Å². The molecule has 0 saturated carbocycles. The third-order valence-electron chi connectivity index (χ3n) is 3.48. The molecule has 0 aromatic rings. The Morgan fingerprint density at radius 3 is 2.53 bits per heavy atom. The Labute approximate surface area is 105 Å². The average molecular weight is 241 g/mol. The van der Waals surface area contributed by atoms with E-state index in [0.717, 1.165) is 19.6 Å². The van der Waals surface area contributed by atoms with Gasteiger partial charge < -0.3 is 15.1 Å². The van der Waals surface area contributed by atoms with E-state index in [1.165, 1.54) is 0 Å². The summed E-state index contributed by atoms with van der Waals surface area (Å²) in [6, 6.07) is 0.965. The first-order valence-electron chi connectivity index (χ1n) is 6.59. The van der Waals surface area contributed by atoms with Crippen molar-refractivity contribution in [3.05, 3.63) is 0 Å². The van der Waals surface area contributed by atoms with E-state index < -0.39 is 0 Å². The van der Waals surface area contributed by atoms with E-state index in [9.17, 15) is 4.79 Å². The third kappa shape index (κ3) is 4.28. The lowest BCUT2D eigenvalue weighted by Crippen LogP contribution is -2.36. The maximum Gasteiger partial charge on any atom is 0.223 e. The van der Waals surface area contributed by atoms with Crippen molar-refractivity contribution in [2.24, 2.45) is 5.92 Å². The van der Waals surface area contributed by atoms with Crippen LogP contribution in [0.15, 0.2) is 0 Å². The second-order valence-electron chi connectivity index (χ2n) is 5.67. The minimum Gasteiger partial charge on any atom is -0.341 e. The summed E-state index contributed by atoms with van der Waals surface area (Å²) in [5.41, 5.74) is 0. The largest absolute Gasteiger partial charge is 0.341 e. The molecule has 0 spiro atoms. The van der Waals surface area contributed by atoms with E-state index >= 15 is 0 Å². The van der Waals surface area contributed by atoms with Gasteiger partial charge in [0.05, 0.1) is 0 Å². The molecule has 0 bridgehead atoms. The molecule has 1 aliphatic heterocycles. The zero-order chi connectivity index (χ0) is 13.0. The third-order valence-corrected chi connectivity index (χ3v) is 3.48. The molecule has 1 saturated heterocycles. The summed E-state index contributed by atoms with van der Waals surface area (Å²) in [4.78, 5) is 16.2. The van der Waals surface area contributed by atoms with Crippen LogP contribution in [0.1, 0.15) is 27.2 Å². The number of likely N-dealkylation sites (tertiary alicyclic amines) is 1. The van der Waals surface area contributed by atoms with Crippen LogP contribution in [0.4, 0.5) is 0 Å². The normalized spacial score (nSPS) is 25.0. The molecular weight excluding hydrogens is 214 g/mol. The van der Waals surface area contributed by atoms with Gasteiger partial charge in [0.15, 0.2) is 0 Å². The van der Waals surface area contributed by atoms with Crippen LogP contribution in [0.5, 0.6) is 0 Å². The Hall–Kier alpha value is -0.610. The van der Waals surface area contributed by atoms with E-state index in [2.05, 4.69) is 45.1 Å². The molecule has 2 unspecified atom stereocenters. The summed E-state index contributed by atoms with van der Waals surface area (Å²) in [7, 11) is 4.19. The molecule has 4 heteroatoms. The minimum absolute atomic E-state index is 0.286. The summed E-state index contributed by atoms with van der Waals surface area (Å²) in [5.74, 6) is 0.862. The van der Waals surface area contributed by atoms with Gasteiger partial charge in [-0.3, -0.25) is 4.79 Å². The molecule has 100 valence electrons. The van der Waals surface area contributed by atoms with Gasteiger partial charge in [-0.25, -0.2) is 0 Å². The van der Waals surface area contributed by atoms with Crippen molar-refractivity contribution in [2.45, 2.75) is 39.3 Å². The zero-order valence-corrected chi connectivity index (χ0v) is 11.9. The molecule has 1 aliphatic rings. The van der Waals surface area contributed by atoms with Crippen LogP contribution in [0.25, 0.3) is 0 Å². The molecular formula is C13H27N3O. The second kappa shape index (κ2) is 6.36. The smallest absolute Gasteiger partial charge is 0.223 e. The van der Waals surface area contributed by atoms with Gasteiger partial charge in [-0.2, -0.15) is 0 Å². The van der Waals surface area contributed by atoms with Crippen LogP contribution in [-0.2, 0) is 4.79 Å². The van der Waals surface area contributed by atoms with Crippen molar-refractivity contribution >= 4 is 5.91 Å². The number of amides is 1. The number of rotatable bonds is 5. The summed E-state index contributed by atoms with van der Waals surface area (Å²) in [5, 5.41) is 3.29. The predicted molar refractivity (Wildman–Crippen MR) is 71.0 cm³/mol. The molecule has 1 amide bonds. The summed E-state index contributed by atoms with van der Waals surface area (Å²) < 4.78 is 0. The van der Waals surface area contributed by atoms with Crippen LogP contribution in [0, 0.1) is 5.92 Å². The second-order valence-corrected chi connectivity index (χ2v) is 5.67. The predicted octanol–water partition coefficient (Wildman–Crippen LogP) is 0.783. The number of nitrogens with one attached hydrogen (secondary N) is 1. The van der Waals surface area contributed by atoms with Crippen molar-refractivity contribution in [2.75, 3.05) is 33.7 Å². The Morgan fingerprint density at radius 1 is 1.41 bits per heavy atom. The van der Waals surface area contributed by atoms with Crippen molar-refractivity contribution in [3.8, 4) is 0 Å². The lowest BCUT2D eigenvalue weighted by molar-refractivity contribution is -0.130. The highest BCUT2D eigenvalue weighted by molar-refractivity contribution is 5.76. The van der Waals surface area contributed by atoms with Crippen LogP contribution < -0.4 is 5.32 Å². The number of likely N-dealkylation sites (N-methyl/N-ethyl adjacent to an activating group) is 1. The molecule has 0 radical (unpaired) electrons. The standard InChI is InChI=1S/C13H27N3O/c1-10(2)14-7-6-13(17)16-8-11(3)12(9-16)15(4)5/h10-12,14H,6-9H2,1-5H3. The van der Waals surface area contributed by atoms with E-state index in [4.69, 9.17) is 0 Å². The molecule has 1 rings (SSSR count). The van der Waals surface area contributed by atoms with Crippen LogP contribution in [0.3, 0.4) is 0 Å². The fourth-order valence-corrected chi connectivity index (χ4v) is 2.45. The van der Waals surface area contributed by atoms with Gasteiger partial charge in [0.2, 0.25) is 5.91 Å². The topological polar surface area (TPSA) is 35.6 Å². The highest BCUT2D eigenvalue weighted by Gasteiger charge is 2.33. The molecule has 2 atom stereocenters. The summed E-state index contributed by atoms with van der Waals surface area (Å²) in [6.07, 6.45) is 0.616. The zero-order valence-electron chi connectivity index (χ0n) is 11.9. The van der Waals surface area contributed by atoms with Gasteiger partial charge in [-0.15, -0.1) is 0 Å². The van der Waals surface area contributed by atoms with Crippen molar-refractivity contribution in [1.82, 2.24) is 15.1 Å². The van der Waals surface area contributed by atoms with Gasteiger partial charge in [0.25, 0.3) is 0 Å². The van der Waals surface area contributed by atoms with E-state index in [1.54, 1.807) is 0 Å². The molecule has 4 nitrogen and oxygen atoms in total. The quantitative estimate of drug-likeness (QED) is 0.773. The molecule has 0 aliphatic carbocycles. The maximum atomic E-state index is 12.0. The van der Waals surface area contributed by atoms with E-state index in [0.29, 0.717) is 24.4 Å². The Kier molecular flexibility index (Phi) is 5.40. The van der Waals surface area contributed by atoms with Crippen molar-refractivity contribution in [3.63, 3.8) is 0 Å². The first-order valence-corrected chi connectivity index (χ1v) is 6.59. The first kappa shape index (κ1) is 14.5. The van der Waals surface area contributed by atoms with Crippen LogP contribution in [0.2, 0.25) is 0 Å². The van der Waals surface area contributed by atoms with Crippen LogP contribution >= 0.6 is 0 Å². The van der Waals surface area contributed by atoms with Gasteiger partial charge in [-0.05, 0) is 20.0 Å². The number of nitrogens with zero attached hydrogens (tertiary/aromatic N) is 2. The number of carbonyl (C=O) groups is 1. The highest BCUT2D eigenvalue weighted by Crippen LogP contribution is 2.20. The fourth-order valence-electron chi connectivity index (χ4n) is 2.45. The van der Waals surface area contributed by atoms with E-state index in [1.807, 2.05) is 4.90 Å². The molecule has 0 aromatic heterocycles. The van der Waals surface area contributed by atoms with Gasteiger partial charge in [0.1, 0.15) is 0 Å². The highest BCUT2D eigenvalue weighted by atomic mass is 16.2. The molecule has 17 heavy (non-hydrogen) atoms. The van der Waals surface area contributed by atoms with Crippen molar-refractivity contribution in [1.29, 1.82) is 0 Å². The maximum absolute atomic E-state index is 12.0. The van der Waals surface area contributed by atoms with Gasteiger partial charge in [0, 0.05) is 38.1 Å². The molecule has 1 fully saturated rings. The minimum atomic E-state index is 0.286. The van der Waals surface area contributed by atoms with Gasteiger partial charge in [-0.1, -0.05) is 20.8 Å². The number of hydrogen-bond donors (Lipinski definition) is 1.